The summed E-state index contributed by atoms with van der Waals surface area (Å²) in [6.45, 7) is 5.73. The van der Waals surface area contributed by atoms with Gasteiger partial charge in [-0.3, -0.25) is 4.68 Å². The Balaban J connectivity index is 3.14. The number of nitrogens with one attached hydrogen (secondary N) is 2. The number of hydrogen-bond donors (Lipinski definition) is 2. The molecule has 0 aliphatic heterocycles. The highest BCUT2D eigenvalue weighted by Crippen LogP contribution is 2.10. The van der Waals surface area contributed by atoms with Crippen molar-refractivity contribution in [1.29, 1.82) is 0 Å². The molecule has 0 saturated carbocycles. The molecule has 0 bridgehead atoms. The Morgan fingerprint density at radius 1 is 1.53 bits per heavy atom. The molecule has 0 fully saturated rings. The topological polar surface area (TPSA) is 54.2 Å². The van der Waals surface area contributed by atoms with Crippen molar-refractivity contribution in [3.05, 3.63) is 36.3 Å². The fourth-order valence-electron chi connectivity index (χ4n) is 1.37. The lowest BCUT2D eigenvalue weighted by Crippen LogP contribution is -2.06. The number of anilines is 1. The summed E-state index contributed by atoms with van der Waals surface area (Å²) in [5, 5.41) is 10.3. The second-order valence-corrected chi connectivity index (χ2v) is 3.48. The van der Waals surface area contributed by atoms with Crippen molar-refractivity contribution in [3.63, 3.8) is 0 Å². The Labute approximate surface area is 102 Å². The van der Waals surface area contributed by atoms with Gasteiger partial charge in [0.2, 0.25) is 0 Å². The van der Waals surface area contributed by atoms with E-state index < -0.39 is 0 Å². The number of allylic oxidation sites excluding steroid dienone is 2. The van der Waals surface area contributed by atoms with Gasteiger partial charge in [-0.1, -0.05) is 12.7 Å². The summed E-state index contributed by atoms with van der Waals surface area (Å²) in [6, 6.07) is 1.95. The molecule has 0 atom stereocenters. The van der Waals surface area contributed by atoms with Crippen molar-refractivity contribution in [2.24, 2.45) is 12.0 Å². The zero-order valence-electron chi connectivity index (χ0n) is 10.8. The third kappa shape index (κ3) is 3.21. The number of rotatable bonds is 5. The second kappa shape index (κ2) is 5.89. The van der Waals surface area contributed by atoms with Gasteiger partial charge in [-0.05, 0) is 13.0 Å². The van der Waals surface area contributed by atoms with Crippen LogP contribution in [-0.4, -0.2) is 29.6 Å². The number of aryl methyl sites for hydroxylation is 1. The Kier molecular flexibility index (Phi) is 4.51. The fourth-order valence-corrected chi connectivity index (χ4v) is 1.37. The minimum Gasteiger partial charge on any atom is -0.374 e. The van der Waals surface area contributed by atoms with Crippen molar-refractivity contribution in [2.75, 3.05) is 19.4 Å². The molecule has 0 spiro atoms. The predicted octanol–water partition coefficient (Wildman–Crippen LogP) is 1.52. The van der Waals surface area contributed by atoms with Crippen LogP contribution in [0, 0.1) is 0 Å². The van der Waals surface area contributed by atoms with Crippen LogP contribution < -0.4 is 10.6 Å². The van der Waals surface area contributed by atoms with Gasteiger partial charge >= 0.3 is 0 Å². The highest BCUT2D eigenvalue weighted by Gasteiger charge is 2.08. The Bertz CT molecular complexity index is 453. The van der Waals surface area contributed by atoms with Crippen LogP contribution in [0.1, 0.15) is 12.6 Å². The number of hydrogen-bond acceptors (Lipinski definition) is 4. The van der Waals surface area contributed by atoms with E-state index in [1.165, 1.54) is 0 Å². The van der Waals surface area contributed by atoms with Crippen LogP contribution in [0.15, 0.2) is 35.6 Å². The normalized spacial score (nSPS) is 11.9. The first-order chi connectivity index (χ1) is 8.12. The van der Waals surface area contributed by atoms with Crippen LogP contribution in [-0.2, 0) is 7.05 Å². The summed E-state index contributed by atoms with van der Waals surface area (Å²) in [4.78, 5) is 4.36. The minimum atomic E-state index is 0.606. The van der Waals surface area contributed by atoms with E-state index >= 15 is 0 Å². The number of aromatic nitrogens is 2. The minimum absolute atomic E-state index is 0.606. The third-order valence-electron chi connectivity index (χ3n) is 2.27. The highest BCUT2D eigenvalue weighted by atomic mass is 15.3. The van der Waals surface area contributed by atoms with E-state index in [-0.39, 0.29) is 0 Å². The zero-order valence-corrected chi connectivity index (χ0v) is 10.8. The van der Waals surface area contributed by atoms with Gasteiger partial charge in [-0.2, -0.15) is 5.10 Å². The zero-order chi connectivity index (χ0) is 12.8. The maximum Gasteiger partial charge on any atom is 0.124 e. The van der Waals surface area contributed by atoms with E-state index in [0.29, 0.717) is 5.82 Å². The van der Waals surface area contributed by atoms with E-state index in [1.807, 2.05) is 39.2 Å². The van der Waals surface area contributed by atoms with Crippen LogP contribution in [0.25, 0.3) is 0 Å². The highest BCUT2D eigenvalue weighted by molar-refractivity contribution is 6.08. The smallest absolute Gasteiger partial charge is 0.124 e. The molecule has 1 aromatic heterocycles. The van der Waals surface area contributed by atoms with Gasteiger partial charge in [-0.15, -0.1) is 0 Å². The maximum absolute atomic E-state index is 4.39. The molecule has 0 radical (unpaired) electrons. The fraction of sp³-hybridized carbons (Fsp3) is 0.333. The molecule has 0 aliphatic rings. The van der Waals surface area contributed by atoms with Crippen LogP contribution in [0.2, 0.25) is 0 Å². The molecule has 1 aromatic rings. The van der Waals surface area contributed by atoms with Gasteiger partial charge in [-0.25, -0.2) is 4.99 Å². The quantitative estimate of drug-likeness (QED) is 0.758. The largest absolute Gasteiger partial charge is 0.374 e. The molecule has 1 rings (SSSR count). The third-order valence-corrected chi connectivity index (χ3v) is 2.27. The first kappa shape index (κ1) is 13.0. The SMILES string of the molecule is C=C(/N=C(\C=C/C)c1cc(NC)n(C)n1)NC. The molecule has 5 heteroatoms. The van der Waals surface area contributed by atoms with E-state index in [4.69, 9.17) is 0 Å². The van der Waals surface area contributed by atoms with Crippen molar-refractivity contribution in [3.8, 4) is 0 Å². The Morgan fingerprint density at radius 3 is 2.71 bits per heavy atom. The Morgan fingerprint density at radius 2 is 2.24 bits per heavy atom. The van der Waals surface area contributed by atoms with Crippen molar-refractivity contribution in [1.82, 2.24) is 15.1 Å². The lowest BCUT2D eigenvalue weighted by atomic mass is 10.2. The molecular weight excluding hydrogens is 214 g/mol. The predicted molar refractivity (Wildman–Crippen MR) is 72.3 cm³/mol. The molecule has 2 N–H and O–H groups in total. The van der Waals surface area contributed by atoms with Gasteiger partial charge in [0.05, 0.1) is 5.71 Å². The van der Waals surface area contributed by atoms with E-state index in [1.54, 1.807) is 11.7 Å². The van der Waals surface area contributed by atoms with Crippen molar-refractivity contribution < 1.29 is 0 Å². The molecule has 0 unspecified atom stereocenters. The summed E-state index contributed by atoms with van der Waals surface area (Å²) < 4.78 is 1.77. The van der Waals surface area contributed by atoms with E-state index in [9.17, 15) is 0 Å². The van der Waals surface area contributed by atoms with Gasteiger partial charge in [0.15, 0.2) is 0 Å². The first-order valence-electron chi connectivity index (χ1n) is 5.42. The second-order valence-electron chi connectivity index (χ2n) is 3.48. The lowest BCUT2D eigenvalue weighted by molar-refractivity contribution is 0.771. The van der Waals surface area contributed by atoms with E-state index in [2.05, 4.69) is 27.3 Å². The molecule has 0 aromatic carbocycles. The molecule has 1 heterocycles. The van der Waals surface area contributed by atoms with Crippen LogP contribution >= 0.6 is 0 Å². The van der Waals surface area contributed by atoms with Crippen molar-refractivity contribution in [2.45, 2.75) is 6.92 Å². The van der Waals surface area contributed by atoms with Gasteiger partial charge in [0.1, 0.15) is 17.3 Å². The summed E-state index contributed by atoms with van der Waals surface area (Å²) in [6.07, 6.45) is 3.83. The molecule has 92 valence electrons. The molecule has 0 aliphatic carbocycles. The molecule has 5 nitrogen and oxygen atoms in total. The van der Waals surface area contributed by atoms with Gasteiger partial charge in [0, 0.05) is 27.2 Å². The van der Waals surface area contributed by atoms with Gasteiger partial charge < -0.3 is 10.6 Å². The van der Waals surface area contributed by atoms with E-state index in [0.717, 1.165) is 17.2 Å². The van der Waals surface area contributed by atoms with Crippen LogP contribution in [0.4, 0.5) is 5.82 Å². The van der Waals surface area contributed by atoms with Crippen LogP contribution in [0.5, 0.6) is 0 Å². The standard InChI is InChI=1S/C12H19N5/c1-6-7-10(15-9(2)13-3)11-8-12(14-4)17(5)16-11/h6-8,13-14H,2H2,1,3-5H3/b7-6-,15-10+. The van der Waals surface area contributed by atoms with Crippen molar-refractivity contribution >= 4 is 11.5 Å². The average Bonchev–Trinajstić information content (AvgIpc) is 2.69. The van der Waals surface area contributed by atoms with Crippen LogP contribution in [0.3, 0.4) is 0 Å². The van der Waals surface area contributed by atoms with Gasteiger partial charge in [0.25, 0.3) is 0 Å². The summed E-state index contributed by atoms with van der Waals surface area (Å²) >= 11 is 0. The lowest BCUT2D eigenvalue weighted by Gasteiger charge is -2.00. The summed E-state index contributed by atoms with van der Waals surface area (Å²) in [5.74, 6) is 1.54. The monoisotopic (exact) mass is 233 g/mol. The number of nitrogens with zero attached hydrogens (tertiary/aromatic N) is 3. The molecule has 0 amide bonds. The average molecular weight is 233 g/mol. The number of aliphatic imine (C=N–C) groups is 1. The maximum atomic E-state index is 4.39. The summed E-state index contributed by atoms with van der Waals surface area (Å²) in [7, 11) is 5.53. The summed E-state index contributed by atoms with van der Waals surface area (Å²) in [5.41, 5.74) is 1.59. The molecule has 17 heavy (non-hydrogen) atoms. The Hall–Kier alpha value is -2.04. The first-order valence-corrected chi connectivity index (χ1v) is 5.42. The molecule has 0 saturated heterocycles. The molecular formula is C12H19N5.